The van der Waals surface area contributed by atoms with Crippen LogP contribution in [0.2, 0.25) is 5.02 Å². The van der Waals surface area contributed by atoms with E-state index in [4.69, 9.17) is 11.6 Å². The van der Waals surface area contributed by atoms with Crippen LogP contribution in [-0.2, 0) is 0 Å². The van der Waals surface area contributed by atoms with Crippen molar-refractivity contribution in [2.75, 3.05) is 18.0 Å². The van der Waals surface area contributed by atoms with Gasteiger partial charge in [0.1, 0.15) is 5.82 Å². The Hall–Kier alpha value is -2.93. The Morgan fingerprint density at radius 2 is 1.86 bits per heavy atom. The number of amides is 1. The molecule has 2 N–H and O–H groups in total. The minimum Gasteiger partial charge on any atom is -0.341 e. The number of nitrogens with zero attached hydrogens (tertiary/aromatic N) is 4. The monoisotopic (exact) mass is 412 g/mol. The van der Waals surface area contributed by atoms with E-state index in [2.05, 4.69) is 25.3 Å². The normalized spacial score (nSPS) is 11.9. The van der Waals surface area contributed by atoms with E-state index in [1.807, 2.05) is 56.0 Å². The van der Waals surface area contributed by atoms with Crippen LogP contribution in [-0.4, -0.2) is 38.9 Å². The Bertz CT molecular complexity index is 955. The first-order valence-electron chi connectivity index (χ1n) is 9.75. The molecule has 2 aromatic heterocycles. The molecule has 0 aliphatic rings. The third-order valence-corrected chi connectivity index (χ3v) is 4.99. The highest BCUT2D eigenvalue weighted by atomic mass is 35.5. The van der Waals surface area contributed by atoms with Crippen LogP contribution >= 0.6 is 11.6 Å². The Balaban J connectivity index is 1.80. The molecule has 3 rings (SSSR count). The van der Waals surface area contributed by atoms with Crippen LogP contribution < -0.4 is 10.2 Å². The average molecular weight is 413 g/mol. The van der Waals surface area contributed by atoms with Crippen molar-refractivity contribution in [2.45, 2.75) is 33.2 Å². The number of nitrogens with one attached hydrogen (secondary N) is 2. The molecule has 152 valence electrons. The van der Waals surface area contributed by atoms with Gasteiger partial charge in [-0.25, -0.2) is 15.0 Å². The predicted octanol–water partition coefficient (Wildman–Crippen LogP) is 4.25. The SMILES string of the molecule is CCC(NC(=O)c1nc(N(CC)CC)ncc1Cl)c1ncc(-c2ccccc2)[nH]1. The molecule has 0 fully saturated rings. The molecule has 0 radical (unpaired) electrons. The fourth-order valence-corrected chi connectivity index (χ4v) is 3.22. The summed E-state index contributed by atoms with van der Waals surface area (Å²) in [5.74, 6) is 0.825. The Labute approximate surface area is 175 Å². The minimum absolute atomic E-state index is 0.164. The van der Waals surface area contributed by atoms with Gasteiger partial charge in [-0.15, -0.1) is 0 Å². The lowest BCUT2D eigenvalue weighted by molar-refractivity contribution is 0.0929. The van der Waals surface area contributed by atoms with Gasteiger partial charge in [0.2, 0.25) is 5.95 Å². The molecule has 7 nitrogen and oxygen atoms in total. The van der Waals surface area contributed by atoms with Gasteiger partial charge in [0.05, 0.1) is 29.2 Å². The lowest BCUT2D eigenvalue weighted by Crippen LogP contribution is -2.31. The van der Waals surface area contributed by atoms with E-state index in [9.17, 15) is 4.79 Å². The summed E-state index contributed by atoms with van der Waals surface area (Å²) in [5, 5.41) is 3.20. The van der Waals surface area contributed by atoms with Crippen LogP contribution in [0, 0.1) is 0 Å². The second-order valence-corrected chi connectivity index (χ2v) is 6.93. The lowest BCUT2D eigenvalue weighted by atomic mass is 10.2. The second-order valence-electron chi connectivity index (χ2n) is 6.52. The van der Waals surface area contributed by atoms with E-state index in [0.717, 1.165) is 24.3 Å². The molecule has 1 amide bonds. The molecule has 2 heterocycles. The largest absolute Gasteiger partial charge is 0.341 e. The van der Waals surface area contributed by atoms with Crippen LogP contribution in [0.5, 0.6) is 0 Å². The van der Waals surface area contributed by atoms with Gasteiger partial charge >= 0.3 is 0 Å². The molecule has 1 unspecified atom stereocenters. The lowest BCUT2D eigenvalue weighted by Gasteiger charge is -2.20. The minimum atomic E-state index is -0.352. The molecule has 0 saturated heterocycles. The zero-order valence-electron chi connectivity index (χ0n) is 16.8. The van der Waals surface area contributed by atoms with Crippen molar-refractivity contribution >= 4 is 23.5 Å². The summed E-state index contributed by atoms with van der Waals surface area (Å²) in [6.07, 6.45) is 3.91. The number of imidazole rings is 1. The van der Waals surface area contributed by atoms with Crippen molar-refractivity contribution in [3.8, 4) is 11.3 Å². The molecule has 1 atom stereocenters. The smallest absolute Gasteiger partial charge is 0.272 e. The van der Waals surface area contributed by atoms with E-state index in [-0.39, 0.29) is 22.7 Å². The van der Waals surface area contributed by atoms with Crippen LogP contribution in [0.25, 0.3) is 11.3 Å². The fourth-order valence-electron chi connectivity index (χ4n) is 3.04. The van der Waals surface area contributed by atoms with Crippen molar-refractivity contribution in [1.29, 1.82) is 0 Å². The van der Waals surface area contributed by atoms with Gasteiger partial charge in [-0.2, -0.15) is 0 Å². The molecular formula is C21H25ClN6O. The fraction of sp³-hybridized carbons (Fsp3) is 0.333. The summed E-state index contributed by atoms with van der Waals surface area (Å²) < 4.78 is 0. The number of carbonyl (C=O) groups excluding carboxylic acids is 1. The molecule has 8 heteroatoms. The van der Waals surface area contributed by atoms with Gasteiger partial charge < -0.3 is 15.2 Å². The molecule has 29 heavy (non-hydrogen) atoms. The second kappa shape index (κ2) is 9.52. The number of carbonyl (C=O) groups is 1. The van der Waals surface area contributed by atoms with Crippen molar-refractivity contribution in [1.82, 2.24) is 25.3 Å². The number of hydrogen-bond donors (Lipinski definition) is 2. The van der Waals surface area contributed by atoms with Gasteiger partial charge in [-0.1, -0.05) is 48.9 Å². The highest BCUT2D eigenvalue weighted by Crippen LogP contribution is 2.22. The predicted molar refractivity (Wildman–Crippen MR) is 115 cm³/mol. The quantitative estimate of drug-likeness (QED) is 0.577. The third-order valence-electron chi connectivity index (χ3n) is 4.72. The summed E-state index contributed by atoms with van der Waals surface area (Å²) in [6.45, 7) is 7.49. The summed E-state index contributed by atoms with van der Waals surface area (Å²) in [4.78, 5) is 31.2. The van der Waals surface area contributed by atoms with Gasteiger partial charge in [-0.3, -0.25) is 4.79 Å². The van der Waals surface area contributed by atoms with E-state index < -0.39 is 0 Å². The molecule has 0 aliphatic heterocycles. The standard InChI is InChI=1S/C21H25ClN6O/c1-4-16(19-23-13-17(25-19)14-10-8-7-9-11-14)26-20(29)18-15(22)12-24-21(27-18)28(5-2)6-3/h7-13,16H,4-6H2,1-3H3,(H,23,25)(H,26,29). The highest BCUT2D eigenvalue weighted by molar-refractivity contribution is 6.33. The van der Waals surface area contributed by atoms with E-state index >= 15 is 0 Å². The molecular weight excluding hydrogens is 388 g/mol. The number of H-pyrrole nitrogens is 1. The molecule has 3 aromatic rings. The topological polar surface area (TPSA) is 86.8 Å². The van der Waals surface area contributed by atoms with Gasteiger partial charge in [0, 0.05) is 13.1 Å². The molecule has 1 aromatic carbocycles. The van der Waals surface area contributed by atoms with Crippen molar-refractivity contribution in [3.05, 3.63) is 59.3 Å². The highest BCUT2D eigenvalue weighted by Gasteiger charge is 2.21. The first-order valence-corrected chi connectivity index (χ1v) is 10.1. The van der Waals surface area contributed by atoms with E-state index in [1.54, 1.807) is 6.20 Å². The van der Waals surface area contributed by atoms with Gasteiger partial charge in [0.15, 0.2) is 5.69 Å². The number of hydrogen-bond acceptors (Lipinski definition) is 5. The van der Waals surface area contributed by atoms with Crippen molar-refractivity contribution in [3.63, 3.8) is 0 Å². The summed E-state index contributed by atoms with van der Waals surface area (Å²) in [7, 11) is 0. The number of aromatic nitrogens is 4. The van der Waals surface area contributed by atoms with Crippen LogP contribution in [0.4, 0.5) is 5.95 Å². The average Bonchev–Trinajstić information content (AvgIpc) is 3.24. The van der Waals surface area contributed by atoms with E-state index in [1.165, 1.54) is 6.20 Å². The van der Waals surface area contributed by atoms with Crippen LogP contribution in [0.3, 0.4) is 0 Å². The number of halogens is 1. The number of aromatic amines is 1. The summed E-state index contributed by atoms with van der Waals surface area (Å²) in [6, 6.07) is 9.63. The first kappa shape index (κ1) is 20.8. The van der Waals surface area contributed by atoms with Crippen LogP contribution in [0.1, 0.15) is 49.5 Å². The Morgan fingerprint density at radius 1 is 1.14 bits per heavy atom. The molecule has 0 bridgehead atoms. The molecule has 0 spiro atoms. The summed E-state index contributed by atoms with van der Waals surface area (Å²) in [5.41, 5.74) is 2.10. The molecule has 0 saturated carbocycles. The Morgan fingerprint density at radius 3 is 2.52 bits per heavy atom. The zero-order valence-corrected chi connectivity index (χ0v) is 17.6. The summed E-state index contributed by atoms with van der Waals surface area (Å²) >= 11 is 6.21. The first-order chi connectivity index (χ1) is 14.1. The number of rotatable bonds is 8. The maximum Gasteiger partial charge on any atom is 0.272 e. The van der Waals surface area contributed by atoms with Crippen LogP contribution in [0.15, 0.2) is 42.7 Å². The van der Waals surface area contributed by atoms with Gasteiger partial charge in [0.25, 0.3) is 5.91 Å². The maximum absolute atomic E-state index is 12.9. The maximum atomic E-state index is 12.9. The third kappa shape index (κ3) is 4.74. The zero-order chi connectivity index (χ0) is 20.8. The van der Waals surface area contributed by atoms with Gasteiger partial charge in [-0.05, 0) is 25.8 Å². The van der Waals surface area contributed by atoms with E-state index in [0.29, 0.717) is 18.2 Å². The number of anilines is 1. The van der Waals surface area contributed by atoms with Crippen molar-refractivity contribution in [2.24, 2.45) is 0 Å². The number of benzene rings is 1. The Kier molecular flexibility index (Phi) is 6.82. The molecule has 0 aliphatic carbocycles. The van der Waals surface area contributed by atoms with Crippen molar-refractivity contribution < 1.29 is 4.79 Å².